The fourth-order valence-electron chi connectivity index (χ4n) is 6.38. The van der Waals surface area contributed by atoms with Crippen LogP contribution in [0.5, 0.6) is 0 Å². The van der Waals surface area contributed by atoms with Gasteiger partial charge in [-0.1, -0.05) is 169 Å². The summed E-state index contributed by atoms with van der Waals surface area (Å²) in [6.07, 6.45) is 27.5. The number of aliphatic hydroxyl groups is 1. The number of rotatable bonds is 28. The highest BCUT2D eigenvalue weighted by atomic mass is 16.3. The Morgan fingerprint density at radius 3 is 1.24 bits per heavy atom. The van der Waals surface area contributed by atoms with Crippen molar-refractivity contribution in [2.45, 2.75) is 184 Å². The Morgan fingerprint density at radius 2 is 0.878 bits per heavy atom. The van der Waals surface area contributed by atoms with Crippen molar-refractivity contribution >= 4 is 0 Å². The zero-order valence-electron chi connectivity index (χ0n) is 29.9. The van der Waals surface area contributed by atoms with Gasteiger partial charge in [0.1, 0.15) is 0 Å². The van der Waals surface area contributed by atoms with E-state index in [1.165, 1.54) is 120 Å². The Bertz CT molecular complexity index is 629. The van der Waals surface area contributed by atoms with Crippen LogP contribution in [0.3, 0.4) is 0 Å². The summed E-state index contributed by atoms with van der Waals surface area (Å²) in [6.45, 7) is 26.0. The van der Waals surface area contributed by atoms with Gasteiger partial charge >= 0.3 is 0 Å². The first kappa shape index (κ1) is 40.4. The van der Waals surface area contributed by atoms with E-state index in [1.54, 1.807) is 0 Å². The molecule has 1 N–H and O–H groups in total. The van der Waals surface area contributed by atoms with E-state index >= 15 is 0 Å². The van der Waals surface area contributed by atoms with Gasteiger partial charge in [-0.25, -0.2) is 0 Å². The minimum absolute atomic E-state index is 0.230. The van der Waals surface area contributed by atoms with Gasteiger partial charge in [-0.05, 0) is 74.5 Å². The quantitative estimate of drug-likeness (QED) is 0.0921. The molecule has 0 aromatic heterocycles. The minimum Gasteiger partial charge on any atom is -0.396 e. The summed E-state index contributed by atoms with van der Waals surface area (Å²) < 4.78 is 0. The van der Waals surface area contributed by atoms with Gasteiger partial charge in [-0.3, -0.25) is 0 Å². The van der Waals surface area contributed by atoms with Gasteiger partial charge in [0.2, 0.25) is 0 Å². The Morgan fingerprint density at radius 1 is 0.537 bits per heavy atom. The molecule has 0 radical (unpaired) electrons. The van der Waals surface area contributed by atoms with Crippen LogP contribution in [0.15, 0.2) is 23.8 Å². The second-order valence-corrected chi connectivity index (χ2v) is 15.5. The van der Waals surface area contributed by atoms with E-state index in [0.29, 0.717) is 0 Å². The molecule has 0 aliphatic heterocycles. The fraction of sp³-hybridized carbons (Fsp3) is 0.900. The molecular formula is C40H78O. The van der Waals surface area contributed by atoms with Crippen molar-refractivity contribution in [3.05, 3.63) is 23.8 Å². The molecule has 41 heavy (non-hydrogen) atoms. The third kappa shape index (κ3) is 25.6. The van der Waals surface area contributed by atoms with Crippen LogP contribution in [0, 0.1) is 41.4 Å². The molecule has 0 unspecified atom stereocenters. The zero-order chi connectivity index (χ0) is 31.0. The van der Waals surface area contributed by atoms with E-state index in [1.807, 2.05) is 0 Å². The highest BCUT2D eigenvalue weighted by molar-refractivity contribution is 5.06. The van der Waals surface area contributed by atoms with Crippen molar-refractivity contribution in [3.63, 3.8) is 0 Å². The predicted octanol–water partition coefficient (Wildman–Crippen LogP) is 13.4. The summed E-state index contributed by atoms with van der Waals surface area (Å²) in [6, 6.07) is 0. The summed E-state index contributed by atoms with van der Waals surface area (Å²) in [5, 5.41) is 10.0. The second kappa shape index (κ2) is 25.9. The molecule has 0 spiro atoms. The summed E-state index contributed by atoms with van der Waals surface area (Å²) in [7, 11) is 0. The summed E-state index contributed by atoms with van der Waals surface area (Å²) >= 11 is 0. The lowest BCUT2D eigenvalue weighted by Crippen LogP contribution is -2.09. The normalized spacial score (nSPS) is 16.2. The summed E-state index contributed by atoms with van der Waals surface area (Å²) in [5.41, 5.74) is 2.75. The van der Waals surface area contributed by atoms with Gasteiger partial charge in [0.25, 0.3) is 0 Å². The first-order valence-electron chi connectivity index (χ1n) is 18.4. The number of hydrogen-bond donors (Lipinski definition) is 1. The maximum Gasteiger partial charge on any atom is 0.0499 e. The third-order valence-electron chi connectivity index (χ3n) is 9.76. The average molecular weight is 575 g/mol. The monoisotopic (exact) mass is 575 g/mol. The predicted molar refractivity (Wildman–Crippen MR) is 188 cm³/mol. The molecule has 0 saturated heterocycles. The van der Waals surface area contributed by atoms with Gasteiger partial charge in [0.15, 0.2) is 0 Å². The minimum atomic E-state index is 0.230. The fourth-order valence-corrected chi connectivity index (χ4v) is 6.38. The molecule has 0 aromatic carbocycles. The molecule has 0 fully saturated rings. The molecule has 0 saturated carbocycles. The molecule has 0 bridgehead atoms. The van der Waals surface area contributed by atoms with E-state index in [4.69, 9.17) is 0 Å². The third-order valence-corrected chi connectivity index (χ3v) is 9.76. The molecule has 0 heterocycles. The summed E-state index contributed by atoms with van der Waals surface area (Å²) in [5.74, 6) is 5.36. The first-order valence-corrected chi connectivity index (χ1v) is 18.4. The van der Waals surface area contributed by atoms with Crippen molar-refractivity contribution in [3.8, 4) is 0 Å². The lowest BCUT2D eigenvalue weighted by molar-refractivity contribution is 0.244. The number of hydrogen-bond acceptors (Lipinski definition) is 1. The van der Waals surface area contributed by atoms with Crippen LogP contribution in [0.25, 0.3) is 0 Å². The lowest BCUT2D eigenvalue weighted by Gasteiger charge is -2.18. The average Bonchev–Trinajstić information content (AvgIpc) is 2.88. The smallest absolute Gasteiger partial charge is 0.0499 e. The molecule has 0 rings (SSSR count). The topological polar surface area (TPSA) is 20.2 Å². The lowest BCUT2D eigenvalue weighted by atomic mass is 9.89. The van der Waals surface area contributed by atoms with Gasteiger partial charge in [-0.2, -0.15) is 0 Å². The maximum atomic E-state index is 10.0. The SMILES string of the molecule is C=C(CCC[C@H](C)CCC[C@H](C)CCCC(C)C)[C@H](CO)C/C=C(\C)CCC[C@H](C)CCC[C@@H](C)CCCC(C)C. The van der Waals surface area contributed by atoms with Crippen LogP contribution in [-0.4, -0.2) is 11.7 Å². The van der Waals surface area contributed by atoms with Gasteiger partial charge in [0, 0.05) is 12.5 Å². The van der Waals surface area contributed by atoms with E-state index in [-0.39, 0.29) is 12.5 Å². The van der Waals surface area contributed by atoms with Crippen molar-refractivity contribution < 1.29 is 5.11 Å². The number of allylic oxidation sites excluding steroid dienone is 2. The van der Waals surface area contributed by atoms with Crippen molar-refractivity contribution in [2.24, 2.45) is 41.4 Å². The number of aliphatic hydroxyl groups excluding tert-OH is 1. The van der Waals surface area contributed by atoms with Crippen molar-refractivity contribution in [1.29, 1.82) is 0 Å². The first-order chi connectivity index (χ1) is 19.4. The van der Waals surface area contributed by atoms with Gasteiger partial charge in [0.05, 0.1) is 0 Å². The summed E-state index contributed by atoms with van der Waals surface area (Å²) in [4.78, 5) is 0. The molecule has 0 aliphatic rings. The molecule has 1 nitrogen and oxygen atoms in total. The Balaban J connectivity index is 4.04. The van der Waals surface area contributed by atoms with Crippen LogP contribution in [0.1, 0.15) is 184 Å². The largest absolute Gasteiger partial charge is 0.396 e. The Labute approximate surface area is 260 Å². The molecule has 0 amide bonds. The maximum absolute atomic E-state index is 10.0. The molecule has 0 aliphatic carbocycles. The molecule has 1 heteroatoms. The zero-order valence-corrected chi connectivity index (χ0v) is 29.9. The van der Waals surface area contributed by atoms with E-state index in [9.17, 15) is 5.11 Å². The van der Waals surface area contributed by atoms with Crippen molar-refractivity contribution in [1.82, 2.24) is 0 Å². The van der Waals surface area contributed by atoms with Gasteiger partial charge < -0.3 is 5.11 Å². The molecule has 0 aromatic rings. The second-order valence-electron chi connectivity index (χ2n) is 15.5. The van der Waals surface area contributed by atoms with Gasteiger partial charge in [-0.15, -0.1) is 0 Å². The van der Waals surface area contributed by atoms with Crippen LogP contribution >= 0.6 is 0 Å². The van der Waals surface area contributed by atoms with E-state index in [0.717, 1.165) is 48.3 Å². The highest BCUT2D eigenvalue weighted by Gasteiger charge is 2.12. The molecule has 244 valence electrons. The van der Waals surface area contributed by atoms with Crippen LogP contribution < -0.4 is 0 Å². The Kier molecular flexibility index (Phi) is 25.5. The van der Waals surface area contributed by atoms with Crippen LogP contribution in [-0.2, 0) is 0 Å². The molecule has 5 atom stereocenters. The Hall–Kier alpha value is -0.560. The highest BCUT2D eigenvalue weighted by Crippen LogP contribution is 2.26. The van der Waals surface area contributed by atoms with E-state index < -0.39 is 0 Å². The van der Waals surface area contributed by atoms with Crippen LogP contribution in [0.4, 0.5) is 0 Å². The van der Waals surface area contributed by atoms with Crippen molar-refractivity contribution in [2.75, 3.05) is 6.61 Å². The van der Waals surface area contributed by atoms with Crippen LogP contribution in [0.2, 0.25) is 0 Å². The molecular weight excluding hydrogens is 496 g/mol. The van der Waals surface area contributed by atoms with E-state index in [2.05, 4.69) is 75.0 Å². The standard InChI is InChI=1S/C40H78O/c1-32(2)17-11-19-34(5)21-13-23-36(7)25-15-26-38(9)29-30-40(31-41)39(10)28-16-27-37(8)24-14-22-35(6)20-12-18-33(3)4/h29,32-37,40-41H,10-28,30-31H2,1-9H3/b38-29+/t34-,35+,36+,37+,40-/m0/s1.